The van der Waals surface area contributed by atoms with Gasteiger partial charge in [-0.3, -0.25) is 9.69 Å². The fourth-order valence-corrected chi connectivity index (χ4v) is 3.82. The first-order chi connectivity index (χ1) is 15.2. The number of carbonyl (C=O) groups excluding carboxylic acids is 1. The van der Waals surface area contributed by atoms with Gasteiger partial charge in [0.2, 0.25) is 0 Å². The van der Waals surface area contributed by atoms with E-state index in [1.54, 1.807) is 25.2 Å². The first-order valence-electron chi connectivity index (χ1n) is 10.8. The van der Waals surface area contributed by atoms with Gasteiger partial charge in [0.1, 0.15) is 11.5 Å². The summed E-state index contributed by atoms with van der Waals surface area (Å²) in [5.74, 6) is 0.780. The molecule has 0 radical (unpaired) electrons. The summed E-state index contributed by atoms with van der Waals surface area (Å²) in [6.45, 7) is 8.01. The van der Waals surface area contributed by atoms with Gasteiger partial charge < -0.3 is 15.0 Å². The molecule has 32 heavy (non-hydrogen) atoms. The molecule has 1 saturated heterocycles. The molecule has 1 fully saturated rings. The van der Waals surface area contributed by atoms with Crippen molar-refractivity contribution in [2.45, 2.75) is 39.0 Å². The summed E-state index contributed by atoms with van der Waals surface area (Å²) in [4.78, 5) is 17.4. The third kappa shape index (κ3) is 6.01. The third-order valence-corrected chi connectivity index (χ3v) is 5.63. The van der Waals surface area contributed by atoms with Crippen LogP contribution < -0.4 is 10.1 Å². The molecule has 8 heteroatoms. The molecule has 0 atom stereocenters. The number of hydrogen-bond donors (Lipinski definition) is 1. The Balaban J connectivity index is 1.76. The summed E-state index contributed by atoms with van der Waals surface area (Å²) >= 11 is 0. The Morgan fingerprint density at radius 1 is 1.06 bits per heavy atom. The number of hydrogen-bond acceptors (Lipinski definition) is 4. The van der Waals surface area contributed by atoms with E-state index in [2.05, 4.69) is 24.1 Å². The maximum Gasteiger partial charge on any atom is 0.416 e. The highest BCUT2D eigenvalue weighted by Crippen LogP contribution is 2.32. The van der Waals surface area contributed by atoms with E-state index in [0.717, 1.165) is 37.2 Å². The van der Waals surface area contributed by atoms with Gasteiger partial charge in [0.05, 0.1) is 5.56 Å². The molecular formula is C24H30F3N3O2. The lowest BCUT2D eigenvalue weighted by Crippen LogP contribution is -2.37. The number of alkyl halides is 3. The number of ether oxygens (including phenoxy) is 1. The Hall–Kier alpha value is -2.58. The van der Waals surface area contributed by atoms with Gasteiger partial charge >= 0.3 is 6.18 Å². The number of amides is 1. The topological polar surface area (TPSA) is 44.8 Å². The number of rotatable bonds is 6. The molecule has 1 N–H and O–H groups in total. The lowest BCUT2D eigenvalue weighted by molar-refractivity contribution is -0.137. The van der Waals surface area contributed by atoms with Crippen LogP contribution in [0.5, 0.6) is 11.5 Å². The van der Waals surface area contributed by atoms with Crippen LogP contribution in [0.25, 0.3) is 0 Å². The quantitative estimate of drug-likeness (QED) is 0.690. The molecule has 1 amide bonds. The molecule has 0 aliphatic carbocycles. The Kier molecular flexibility index (Phi) is 7.79. The zero-order valence-corrected chi connectivity index (χ0v) is 18.7. The van der Waals surface area contributed by atoms with Crippen molar-refractivity contribution in [1.82, 2.24) is 15.1 Å². The van der Waals surface area contributed by atoms with Crippen molar-refractivity contribution in [1.29, 1.82) is 0 Å². The highest BCUT2D eigenvalue weighted by Gasteiger charge is 2.30. The minimum absolute atomic E-state index is 0.0194. The average molecular weight is 450 g/mol. The van der Waals surface area contributed by atoms with Crippen molar-refractivity contribution in [3.8, 4) is 11.5 Å². The smallest absolute Gasteiger partial charge is 0.416 e. The van der Waals surface area contributed by atoms with Gasteiger partial charge in [-0.2, -0.15) is 13.2 Å². The van der Waals surface area contributed by atoms with Gasteiger partial charge in [-0.15, -0.1) is 0 Å². The van der Waals surface area contributed by atoms with Crippen LogP contribution in [0.1, 0.15) is 41.8 Å². The number of nitrogens with zero attached hydrogens (tertiary/aromatic N) is 2. The predicted octanol–water partition coefficient (Wildman–Crippen LogP) is 4.77. The summed E-state index contributed by atoms with van der Waals surface area (Å²) in [7, 11) is 1.78. The molecule has 3 rings (SSSR count). The van der Waals surface area contributed by atoms with Crippen molar-refractivity contribution < 1.29 is 22.7 Å². The number of carbonyl (C=O) groups is 1. The van der Waals surface area contributed by atoms with Crippen LogP contribution in [0, 0.1) is 0 Å². The molecule has 0 bridgehead atoms. The van der Waals surface area contributed by atoms with E-state index in [9.17, 15) is 18.0 Å². The van der Waals surface area contributed by atoms with E-state index in [0.29, 0.717) is 42.7 Å². The first-order valence-corrected chi connectivity index (χ1v) is 10.8. The third-order valence-electron chi connectivity index (χ3n) is 5.63. The van der Waals surface area contributed by atoms with E-state index in [-0.39, 0.29) is 5.91 Å². The molecular weight excluding hydrogens is 419 g/mol. The second-order valence-corrected chi connectivity index (χ2v) is 8.25. The molecule has 5 nitrogen and oxygen atoms in total. The lowest BCUT2D eigenvalue weighted by atomic mass is 10.1. The van der Waals surface area contributed by atoms with Crippen molar-refractivity contribution in [2.75, 3.05) is 33.2 Å². The van der Waals surface area contributed by atoms with Crippen LogP contribution in [0.4, 0.5) is 13.2 Å². The van der Waals surface area contributed by atoms with E-state index in [4.69, 9.17) is 4.74 Å². The van der Waals surface area contributed by atoms with Crippen LogP contribution in [0.3, 0.4) is 0 Å². The molecule has 1 heterocycles. The zero-order valence-electron chi connectivity index (χ0n) is 18.7. The molecule has 0 spiro atoms. The Morgan fingerprint density at radius 2 is 1.78 bits per heavy atom. The molecule has 2 aromatic carbocycles. The highest BCUT2D eigenvalue weighted by atomic mass is 19.4. The van der Waals surface area contributed by atoms with Crippen LogP contribution in [0.2, 0.25) is 0 Å². The SMILES string of the molecule is CNCc1cc(C(=O)N2CCCN(C(C)C)CC2)ccc1Oc1ccc(C(F)(F)F)cc1. The van der Waals surface area contributed by atoms with Gasteiger partial charge in [-0.25, -0.2) is 0 Å². The summed E-state index contributed by atoms with van der Waals surface area (Å²) in [6, 6.07) is 10.2. The number of halogens is 3. The van der Waals surface area contributed by atoms with Crippen molar-refractivity contribution in [3.63, 3.8) is 0 Å². The molecule has 2 aromatic rings. The second kappa shape index (κ2) is 10.4. The van der Waals surface area contributed by atoms with Crippen LogP contribution >= 0.6 is 0 Å². The van der Waals surface area contributed by atoms with Gasteiger partial charge in [0, 0.05) is 49.9 Å². The van der Waals surface area contributed by atoms with Crippen molar-refractivity contribution in [2.24, 2.45) is 0 Å². The summed E-state index contributed by atoms with van der Waals surface area (Å²) in [6.07, 6.45) is -3.46. The Morgan fingerprint density at radius 3 is 2.41 bits per heavy atom. The van der Waals surface area contributed by atoms with E-state index in [1.165, 1.54) is 12.1 Å². The van der Waals surface area contributed by atoms with Crippen LogP contribution in [-0.2, 0) is 12.7 Å². The molecule has 0 unspecified atom stereocenters. The van der Waals surface area contributed by atoms with Gasteiger partial charge in [-0.05, 0) is 69.8 Å². The minimum atomic E-state index is -4.39. The minimum Gasteiger partial charge on any atom is -0.457 e. The van der Waals surface area contributed by atoms with E-state index in [1.807, 2.05) is 4.90 Å². The molecule has 0 saturated carbocycles. The van der Waals surface area contributed by atoms with E-state index >= 15 is 0 Å². The van der Waals surface area contributed by atoms with E-state index < -0.39 is 11.7 Å². The summed E-state index contributed by atoms with van der Waals surface area (Å²) < 4.78 is 44.2. The summed E-state index contributed by atoms with van der Waals surface area (Å²) in [5.41, 5.74) is 0.611. The lowest BCUT2D eigenvalue weighted by Gasteiger charge is -2.25. The molecule has 1 aliphatic rings. The largest absolute Gasteiger partial charge is 0.457 e. The van der Waals surface area contributed by atoms with Crippen LogP contribution in [-0.4, -0.2) is 55.0 Å². The number of nitrogens with one attached hydrogen (secondary N) is 1. The monoisotopic (exact) mass is 449 g/mol. The standard InChI is InChI=1S/C24H30F3N3O2/c1-17(2)29-11-4-12-30(14-13-29)23(31)18-5-10-22(19(15-18)16-28-3)32-21-8-6-20(7-9-21)24(25,26)27/h5-10,15,17,28H,4,11-14,16H2,1-3H3. The second-order valence-electron chi connectivity index (χ2n) is 8.25. The van der Waals surface area contributed by atoms with Gasteiger partial charge in [0.25, 0.3) is 5.91 Å². The fourth-order valence-electron chi connectivity index (χ4n) is 3.82. The maximum absolute atomic E-state index is 13.1. The first kappa shape index (κ1) is 24.1. The van der Waals surface area contributed by atoms with Crippen LogP contribution in [0.15, 0.2) is 42.5 Å². The van der Waals surface area contributed by atoms with Crippen molar-refractivity contribution >= 4 is 5.91 Å². The Labute approximate surface area is 187 Å². The van der Waals surface area contributed by atoms with Gasteiger partial charge in [0.15, 0.2) is 0 Å². The molecule has 0 aromatic heterocycles. The average Bonchev–Trinajstić information content (AvgIpc) is 3.01. The predicted molar refractivity (Wildman–Crippen MR) is 118 cm³/mol. The maximum atomic E-state index is 13.1. The number of benzene rings is 2. The highest BCUT2D eigenvalue weighted by molar-refractivity contribution is 5.94. The normalized spacial score (nSPS) is 15.7. The Bertz CT molecular complexity index is 914. The fraction of sp³-hybridized carbons (Fsp3) is 0.458. The van der Waals surface area contributed by atoms with Crippen molar-refractivity contribution in [3.05, 3.63) is 59.2 Å². The zero-order chi connectivity index (χ0) is 23.3. The summed E-state index contributed by atoms with van der Waals surface area (Å²) in [5, 5.41) is 3.05. The molecule has 1 aliphatic heterocycles. The van der Waals surface area contributed by atoms with Gasteiger partial charge in [-0.1, -0.05) is 0 Å². The molecule has 174 valence electrons.